The van der Waals surface area contributed by atoms with Gasteiger partial charge >= 0.3 is 0 Å². The van der Waals surface area contributed by atoms with E-state index in [4.69, 9.17) is 5.73 Å². The van der Waals surface area contributed by atoms with Crippen molar-refractivity contribution in [1.82, 2.24) is 0 Å². The Morgan fingerprint density at radius 3 is 2.54 bits per heavy atom. The minimum absolute atomic E-state index is 0.0847. The van der Waals surface area contributed by atoms with Gasteiger partial charge in [0.1, 0.15) is 0 Å². The zero-order valence-corrected chi connectivity index (χ0v) is 8.59. The van der Waals surface area contributed by atoms with Gasteiger partial charge in [-0.3, -0.25) is 4.79 Å². The second-order valence-electron chi connectivity index (χ2n) is 4.21. The van der Waals surface area contributed by atoms with E-state index < -0.39 is 0 Å². The van der Waals surface area contributed by atoms with Crippen molar-refractivity contribution in [3.63, 3.8) is 0 Å². The lowest BCUT2D eigenvalue weighted by molar-refractivity contribution is -0.119. The summed E-state index contributed by atoms with van der Waals surface area (Å²) in [6, 6.07) is 0. The summed E-state index contributed by atoms with van der Waals surface area (Å²) in [6.45, 7) is 2.23. The molecule has 0 saturated heterocycles. The Bertz CT molecular complexity index is 167. The highest BCUT2D eigenvalue weighted by molar-refractivity contribution is 5.79. The zero-order valence-electron chi connectivity index (χ0n) is 8.59. The molecule has 1 rings (SSSR count). The summed E-state index contributed by atoms with van der Waals surface area (Å²) >= 11 is 0. The molecular weight excluding hydrogens is 162 g/mol. The van der Waals surface area contributed by atoms with Crippen LogP contribution in [0.15, 0.2) is 0 Å². The van der Waals surface area contributed by atoms with Crippen molar-refractivity contribution in [1.29, 1.82) is 0 Å². The van der Waals surface area contributed by atoms with Crippen LogP contribution < -0.4 is 5.73 Å². The van der Waals surface area contributed by atoms with Gasteiger partial charge in [0.2, 0.25) is 5.91 Å². The Morgan fingerprint density at radius 2 is 2.00 bits per heavy atom. The molecule has 0 aromatic rings. The minimum atomic E-state index is -0.0847. The average Bonchev–Trinajstić information content (AvgIpc) is 2.83. The van der Waals surface area contributed by atoms with Crippen LogP contribution in [0.5, 0.6) is 0 Å². The normalized spacial score (nSPS) is 25.9. The van der Waals surface area contributed by atoms with Gasteiger partial charge in [0.15, 0.2) is 0 Å². The van der Waals surface area contributed by atoms with E-state index in [1.54, 1.807) is 0 Å². The van der Waals surface area contributed by atoms with Crippen molar-refractivity contribution in [3.05, 3.63) is 0 Å². The number of nitrogens with two attached hydrogens (primary N) is 1. The fourth-order valence-corrected chi connectivity index (χ4v) is 1.93. The molecule has 2 heteroatoms. The first-order valence-corrected chi connectivity index (χ1v) is 5.55. The van der Waals surface area contributed by atoms with Gasteiger partial charge < -0.3 is 5.73 Å². The quantitative estimate of drug-likeness (QED) is 0.605. The highest BCUT2D eigenvalue weighted by Gasteiger charge is 2.40. The molecule has 0 aromatic heterocycles. The molecule has 2 N–H and O–H groups in total. The summed E-state index contributed by atoms with van der Waals surface area (Å²) in [5.74, 6) is 0.781. The van der Waals surface area contributed by atoms with Crippen LogP contribution in [0, 0.1) is 11.8 Å². The number of unbranched alkanes of at least 4 members (excludes halogenated alkanes) is 4. The summed E-state index contributed by atoms with van der Waals surface area (Å²) < 4.78 is 0. The molecule has 1 aliphatic rings. The number of primary amides is 1. The van der Waals surface area contributed by atoms with Gasteiger partial charge in [0.05, 0.1) is 0 Å². The summed E-state index contributed by atoms with van der Waals surface area (Å²) in [7, 11) is 0. The molecule has 1 fully saturated rings. The van der Waals surface area contributed by atoms with Crippen LogP contribution in [0.4, 0.5) is 0 Å². The molecule has 0 spiro atoms. The van der Waals surface area contributed by atoms with Crippen molar-refractivity contribution in [3.8, 4) is 0 Å². The molecule has 0 radical (unpaired) electrons. The maximum absolute atomic E-state index is 10.7. The van der Waals surface area contributed by atoms with E-state index in [0.29, 0.717) is 5.92 Å². The van der Waals surface area contributed by atoms with Gasteiger partial charge in [-0.15, -0.1) is 0 Å². The van der Waals surface area contributed by atoms with E-state index in [1.807, 2.05) is 0 Å². The van der Waals surface area contributed by atoms with Crippen LogP contribution in [0.2, 0.25) is 0 Å². The molecule has 0 unspecified atom stereocenters. The first-order valence-electron chi connectivity index (χ1n) is 5.55. The Labute approximate surface area is 80.9 Å². The Balaban J connectivity index is 1.88. The first-order chi connectivity index (χ1) is 6.25. The van der Waals surface area contributed by atoms with Crippen molar-refractivity contribution >= 4 is 5.91 Å². The molecule has 1 aliphatic carbocycles. The molecule has 13 heavy (non-hydrogen) atoms. The molecule has 0 bridgehead atoms. The summed E-state index contributed by atoms with van der Waals surface area (Å²) in [4.78, 5) is 10.7. The Hall–Kier alpha value is -0.530. The van der Waals surface area contributed by atoms with Gasteiger partial charge in [-0.25, -0.2) is 0 Å². The molecular formula is C11H21NO. The summed E-state index contributed by atoms with van der Waals surface area (Å²) in [5.41, 5.74) is 5.20. The smallest absolute Gasteiger partial charge is 0.220 e. The van der Waals surface area contributed by atoms with Crippen LogP contribution in [0.25, 0.3) is 0 Å². The maximum atomic E-state index is 10.7. The van der Waals surface area contributed by atoms with E-state index in [0.717, 1.165) is 6.42 Å². The number of hydrogen-bond donors (Lipinski definition) is 1. The van der Waals surface area contributed by atoms with E-state index in [2.05, 4.69) is 6.92 Å². The Morgan fingerprint density at radius 1 is 1.31 bits per heavy atom. The van der Waals surface area contributed by atoms with Crippen molar-refractivity contribution < 1.29 is 4.79 Å². The van der Waals surface area contributed by atoms with Gasteiger partial charge in [0.25, 0.3) is 0 Å². The lowest BCUT2D eigenvalue weighted by Crippen LogP contribution is -2.13. The molecule has 0 aliphatic heterocycles. The third-order valence-electron chi connectivity index (χ3n) is 2.97. The predicted molar refractivity (Wildman–Crippen MR) is 54.2 cm³/mol. The molecule has 1 amide bonds. The van der Waals surface area contributed by atoms with E-state index in [9.17, 15) is 4.79 Å². The van der Waals surface area contributed by atoms with Crippen LogP contribution in [0.1, 0.15) is 51.9 Å². The fourth-order valence-electron chi connectivity index (χ4n) is 1.93. The van der Waals surface area contributed by atoms with E-state index in [1.165, 1.54) is 38.5 Å². The number of carbonyl (C=O) groups is 1. The number of amides is 1. The largest absolute Gasteiger partial charge is 0.369 e. The van der Waals surface area contributed by atoms with Crippen molar-refractivity contribution in [2.24, 2.45) is 17.6 Å². The minimum Gasteiger partial charge on any atom is -0.369 e. The van der Waals surface area contributed by atoms with E-state index in [-0.39, 0.29) is 11.8 Å². The molecule has 0 heterocycles. The maximum Gasteiger partial charge on any atom is 0.220 e. The lowest BCUT2D eigenvalue weighted by atomic mass is 10.1. The molecule has 2 nitrogen and oxygen atoms in total. The van der Waals surface area contributed by atoms with Crippen molar-refractivity contribution in [2.75, 3.05) is 0 Å². The monoisotopic (exact) mass is 183 g/mol. The molecule has 0 aromatic carbocycles. The van der Waals surface area contributed by atoms with Gasteiger partial charge in [-0.2, -0.15) is 0 Å². The topological polar surface area (TPSA) is 43.1 Å². The fraction of sp³-hybridized carbons (Fsp3) is 0.909. The van der Waals surface area contributed by atoms with Crippen molar-refractivity contribution in [2.45, 2.75) is 51.9 Å². The third kappa shape index (κ3) is 3.79. The first kappa shape index (κ1) is 10.6. The predicted octanol–water partition coefficient (Wildman–Crippen LogP) is 2.47. The molecule has 76 valence electrons. The van der Waals surface area contributed by atoms with Crippen LogP contribution in [0.3, 0.4) is 0 Å². The van der Waals surface area contributed by atoms with Gasteiger partial charge in [-0.05, 0) is 18.8 Å². The zero-order chi connectivity index (χ0) is 9.68. The Kier molecular flexibility index (Phi) is 4.26. The van der Waals surface area contributed by atoms with Crippen LogP contribution in [-0.4, -0.2) is 5.91 Å². The summed E-state index contributed by atoms with van der Waals surface area (Å²) in [5, 5.41) is 0. The molecule has 2 atom stereocenters. The second kappa shape index (κ2) is 5.25. The standard InChI is InChI=1S/C11H21NO/c1-2-3-4-5-6-7-9-8-10(9)11(12)13/h9-10H,2-8H2,1H3,(H2,12,13)/t9-,10+/m1/s1. The third-order valence-corrected chi connectivity index (χ3v) is 2.97. The average molecular weight is 183 g/mol. The second-order valence-corrected chi connectivity index (χ2v) is 4.21. The highest BCUT2D eigenvalue weighted by atomic mass is 16.1. The highest BCUT2D eigenvalue weighted by Crippen LogP contribution is 2.41. The van der Waals surface area contributed by atoms with Gasteiger partial charge in [0, 0.05) is 5.92 Å². The summed E-state index contributed by atoms with van der Waals surface area (Å²) in [6.07, 6.45) is 8.90. The number of hydrogen-bond acceptors (Lipinski definition) is 1. The lowest BCUT2D eigenvalue weighted by Gasteiger charge is -1.98. The van der Waals surface area contributed by atoms with Gasteiger partial charge in [-0.1, -0.05) is 39.0 Å². The van der Waals surface area contributed by atoms with Crippen LogP contribution >= 0.6 is 0 Å². The van der Waals surface area contributed by atoms with E-state index >= 15 is 0 Å². The van der Waals surface area contributed by atoms with Crippen LogP contribution in [-0.2, 0) is 4.79 Å². The number of rotatable bonds is 7. The number of carbonyl (C=O) groups excluding carboxylic acids is 1. The SMILES string of the molecule is CCCCCCC[C@@H]1C[C@@H]1C(N)=O. The molecule has 1 saturated carbocycles.